The fourth-order valence-corrected chi connectivity index (χ4v) is 6.19. The Kier molecular flexibility index (Phi) is 9.46. The Bertz CT molecular complexity index is 838. The highest BCUT2D eigenvalue weighted by Crippen LogP contribution is 2.39. The number of nitrogens with one attached hydrogen (secondary N) is 1. The van der Waals surface area contributed by atoms with Crippen molar-refractivity contribution in [2.75, 3.05) is 24.5 Å². The third-order valence-corrected chi connectivity index (χ3v) is 8.55. The summed E-state index contributed by atoms with van der Waals surface area (Å²) in [6.07, 6.45) is 17.7. The molecule has 2 heterocycles. The molecule has 1 aromatic rings. The topological polar surface area (TPSA) is 47.9 Å². The fourth-order valence-electron chi connectivity index (χ4n) is 5.83. The molecule has 34 heavy (non-hydrogen) atoms. The highest BCUT2D eigenvalue weighted by molar-refractivity contribution is 14.1. The van der Waals surface area contributed by atoms with Gasteiger partial charge in [-0.15, -0.1) is 6.58 Å². The van der Waals surface area contributed by atoms with Gasteiger partial charge in [-0.3, -0.25) is 15.2 Å². The Labute approximate surface area is 219 Å². The SMILES string of the molecule is C=CCCCCCCCN1CCC2(CC1)C(=NC1CCCCC1)NC(=O)N2c1ccc(I)cc1. The van der Waals surface area contributed by atoms with Crippen LogP contribution in [0.2, 0.25) is 0 Å². The van der Waals surface area contributed by atoms with Crippen LogP contribution in [0.5, 0.6) is 0 Å². The summed E-state index contributed by atoms with van der Waals surface area (Å²) in [7, 11) is 0. The van der Waals surface area contributed by atoms with E-state index in [1.165, 1.54) is 54.9 Å². The summed E-state index contributed by atoms with van der Waals surface area (Å²) in [6.45, 7) is 7.02. The number of unbranched alkanes of at least 4 members (excludes halogenated alkanes) is 5. The number of amides is 2. The van der Waals surface area contributed by atoms with Gasteiger partial charge in [0.1, 0.15) is 11.4 Å². The second-order valence-electron chi connectivity index (χ2n) is 10.2. The summed E-state index contributed by atoms with van der Waals surface area (Å²) in [5.41, 5.74) is 0.655. The summed E-state index contributed by atoms with van der Waals surface area (Å²) < 4.78 is 1.19. The minimum atomic E-state index is -0.331. The molecule has 1 aromatic carbocycles. The summed E-state index contributed by atoms with van der Waals surface area (Å²) >= 11 is 2.33. The Morgan fingerprint density at radius 1 is 1.03 bits per heavy atom. The van der Waals surface area contributed by atoms with Crippen LogP contribution in [0.4, 0.5) is 10.5 Å². The average molecular weight is 577 g/mol. The lowest BCUT2D eigenvalue weighted by Gasteiger charge is -2.44. The van der Waals surface area contributed by atoms with E-state index in [0.717, 1.165) is 63.3 Å². The number of nitrogens with zero attached hydrogens (tertiary/aromatic N) is 3. The number of halogens is 1. The lowest BCUT2D eigenvalue weighted by molar-refractivity contribution is 0.187. The van der Waals surface area contributed by atoms with E-state index in [1.54, 1.807) is 0 Å². The highest BCUT2D eigenvalue weighted by Gasteiger charge is 2.53. The van der Waals surface area contributed by atoms with Gasteiger partial charge in [0.05, 0.1) is 6.04 Å². The van der Waals surface area contributed by atoms with Crippen molar-refractivity contribution >= 4 is 40.1 Å². The molecule has 0 bridgehead atoms. The molecule has 0 aromatic heterocycles. The molecule has 1 aliphatic carbocycles. The van der Waals surface area contributed by atoms with Crippen molar-refractivity contribution in [2.45, 2.75) is 95.1 Å². The lowest BCUT2D eigenvalue weighted by Crippen LogP contribution is -2.57. The molecule has 0 atom stereocenters. The number of aliphatic imine (C=N–C) groups is 1. The van der Waals surface area contributed by atoms with Crippen molar-refractivity contribution in [1.29, 1.82) is 0 Å². The van der Waals surface area contributed by atoms with Crippen molar-refractivity contribution in [3.63, 3.8) is 0 Å². The first-order valence-corrected chi connectivity index (χ1v) is 14.5. The van der Waals surface area contributed by atoms with Gasteiger partial charge in [0.25, 0.3) is 0 Å². The molecule has 2 aliphatic heterocycles. The molecule has 3 fully saturated rings. The molecule has 0 radical (unpaired) electrons. The van der Waals surface area contributed by atoms with Crippen LogP contribution in [0, 0.1) is 3.57 Å². The van der Waals surface area contributed by atoms with Crippen LogP contribution in [0.3, 0.4) is 0 Å². The zero-order chi connectivity index (χ0) is 23.8. The Morgan fingerprint density at radius 2 is 1.71 bits per heavy atom. The molecule has 1 saturated carbocycles. The number of carbonyl (C=O) groups excluding carboxylic acids is 1. The quantitative estimate of drug-likeness (QED) is 0.187. The molecular formula is C28H41IN4O. The second-order valence-corrected chi connectivity index (χ2v) is 11.5. The molecule has 2 amide bonds. The molecule has 2 saturated heterocycles. The number of hydrogen-bond acceptors (Lipinski definition) is 3. The minimum absolute atomic E-state index is 0.0104. The van der Waals surface area contributed by atoms with E-state index in [2.05, 4.69) is 63.7 Å². The average Bonchev–Trinajstić information content (AvgIpc) is 3.11. The summed E-state index contributed by atoms with van der Waals surface area (Å²) in [5.74, 6) is 0.935. The molecule has 186 valence electrons. The summed E-state index contributed by atoms with van der Waals surface area (Å²) in [4.78, 5) is 23.1. The van der Waals surface area contributed by atoms with Gasteiger partial charge >= 0.3 is 6.03 Å². The minimum Gasteiger partial charge on any atom is -0.303 e. The number of hydrogen-bond donors (Lipinski definition) is 1. The first kappa shape index (κ1) is 25.7. The van der Waals surface area contributed by atoms with Crippen LogP contribution < -0.4 is 10.2 Å². The summed E-state index contributed by atoms with van der Waals surface area (Å²) in [6, 6.07) is 8.71. The van der Waals surface area contributed by atoms with E-state index in [4.69, 9.17) is 4.99 Å². The number of urea groups is 1. The van der Waals surface area contributed by atoms with Gasteiger partial charge in [0, 0.05) is 22.3 Å². The number of likely N-dealkylation sites (tertiary alicyclic amines) is 1. The first-order valence-electron chi connectivity index (χ1n) is 13.4. The number of allylic oxidation sites excluding steroid dienone is 1. The monoisotopic (exact) mass is 576 g/mol. The predicted molar refractivity (Wildman–Crippen MR) is 151 cm³/mol. The standard InChI is InChI=1S/C28H41IN4O/c1-2-3-4-5-6-7-11-20-32-21-18-28(19-22-32)26(30-24-12-9-8-10-13-24)31-27(34)33(28)25-16-14-23(29)15-17-25/h2,14-17,24H,1,3-13,18-22H2,(H,30,31,34). The molecule has 3 aliphatic rings. The lowest BCUT2D eigenvalue weighted by atomic mass is 9.84. The van der Waals surface area contributed by atoms with Crippen LogP contribution in [-0.2, 0) is 0 Å². The molecule has 5 nitrogen and oxygen atoms in total. The van der Waals surface area contributed by atoms with Crippen molar-refractivity contribution < 1.29 is 4.79 Å². The van der Waals surface area contributed by atoms with Crippen LogP contribution >= 0.6 is 22.6 Å². The zero-order valence-corrected chi connectivity index (χ0v) is 22.8. The highest BCUT2D eigenvalue weighted by atomic mass is 127. The maximum Gasteiger partial charge on any atom is 0.328 e. The van der Waals surface area contributed by atoms with Crippen molar-refractivity contribution in [3.8, 4) is 0 Å². The van der Waals surface area contributed by atoms with Crippen LogP contribution in [0.15, 0.2) is 41.9 Å². The van der Waals surface area contributed by atoms with Crippen molar-refractivity contribution in [2.24, 2.45) is 4.99 Å². The van der Waals surface area contributed by atoms with Crippen LogP contribution in [0.1, 0.15) is 83.5 Å². The number of amidine groups is 1. The Balaban J connectivity index is 1.44. The summed E-state index contributed by atoms with van der Waals surface area (Å²) in [5, 5.41) is 3.23. The third-order valence-electron chi connectivity index (χ3n) is 7.83. The van der Waals surface area contributed by atoms with E-state index in [0.29, 0.717) is 6.04 Å². The molecule has 0 unspecified atom stereocenters. The van der Waals surface area contributed by atoms with E-state index >= 15 is 0 Å². The van der Waals surface area contributed by atoms with Gasteiger partial charge in [-0.05, 0) is 98.3 Å². The Morgan fingerprint density at radius 3 is 2.41 bits per heavy atom. The van der Waals surface area contributed by atoms with Crippen molar-refractivity contribution in [3.05, 3.63) is 40.5 Å². The normalized spacial score (nSPS) is 22.4. The number of benzene rings is 1. The fraction of sp³-hybridized carbons (Fsp3) is 0.643. The van der Waals surface area contributed by atoms with Gasteiger partial charge in [0.2, 0.25) is 0 Å². The molecular weight excluding hydrogens is 535 g/mol. The maximum atomic E-state index is 13.3. The number of piperidine rings is 1. The molecule has 1 spiro atoms. The van der Waals surface area contributed by atoms with Gasteiger partial charge in [-0.1, -0.05) is 44.6 Å². The van der Waals surface area contributed by atoms with E-state index < -0.39 is 0 Å². The smallest absolute Gasteiger partial charge is 0.303 e. The van der Waals surface area contributed by atoms with E-state index in [9.17, 15) is 4.79 Å². The second kappa shape index (κ2) is 12.5. The maximum absolute atomic E-state index is 13.3. The zero-order valence-electron chi connectivity index (χ0n) is 20.6. The molecule has 6 heteroatoms. The van der Waals surface area contributed by atoms with Crippen LogP contribution in [-0.4, -0.2) is 48.0 Å². The predicted octanol–water partition coefficient (Wildman–Crippen LogP) is 6.91. The first-order chi connectivity index (χ1) is 16.6. The van der Waals surface area contributed by atoms with Gasteiger partial charge in [-0.25, -0.2) is 4.79 Å². The van der Waals surface area contributed by atoms with Crippen molar-refractivity contribution in [1.82, 2.24) is 10.2 Å². The van der Waals surface area contributed by atoms with Gasteiger partial charge in [-0.2, -0.15) is 0 Å². The number of rotatable bonds is 10. The molecule has 1 N–H and O–H groups in total. The van der Waals surface area contributed by atoms with Gasteiger partial charge < -0.3 is 4.90 Å². The number of anilines is 1. The Hall–Kier alpha value is -1.41. The number of carbonyl (C=O) groups is 1. The third kappa shape index (κ3) is 6.23. The van der Waals surface area contributed by atoms with Crippen LogP contribution in [0.25, 0.3) is 0 Å². The molecule has 4 rings (SSSR count). The van der Waals surface area contributed by atoms with E-state index in [1.807, 2.05) is 11.0 Å². The van der Waals surface area contributed by atoms with E-state index in [-0.39, 0.29) is 11.6 Å². The largest absolute Gasteiger partial charge is 0.328 e. The van der Waals surface area contributed by atoms with Gasteiger partial charge in [0.15, 0.2) is 0 Å².